The van der Waals surface area contributed by atoms with Crippen LogP contribution >= 0.6 is 0 Å². The molecule has 1 saturated heterocycles. The first-order valence-electron chi connectivity index (χ1n) is 12.0. The van der Waals surface area contributed by atoms with Crippen LogP contribution in [0.3, 0.4) is 0 Å². The molecule has 1 saturated carbocycles. The van der Waals surface area contributed by atoms with Gasteiger partial charge in [-0.05, 0) is 44.7 Å². The standard InChI is InChI=1S/C24H36N6O/c1-2-25-24(26-14-8-15-30-18-27-21-11-6-7-12-22(21)30)28-20-13-16-29(17-20)23(31)19-9-4-3-5-10-19/h6-7,11-12,18-20H,2-5,8-10,13-17H2,1H3,(H2,25,26,28). The largest absolute Gasteiger partial charge is 0.357 e. The average Bonchev–Trinajstić information content (AvgIpc) is 3.44. The van der Waals surface area contributed by atoms with E-state index in [1.165, 1.54) is 24.8 Å². The second kappa shape index (κ2) is 10.6. The van der Waals surface area contributed by atoms with Crippen molar-refractivity contribution < 1.29 is 4.79 Å². The van der Waals surface area contributed by atoms with Crippen LogP contribution in [0.2, 0.25) is 0 Å². The summed E-state index contributed by atoms with van der Waals surface area (Å²) in [6, 6.07) is 8.50. The molecule has 4 rings (SSSR count). The number of carbonyl (C=O) groups excluding carboxylic acids is 1. The monoisotopic (exact) mass is 424 g/mol. The summed E-state index contributed by atoms with van der Waals surface area (Å²) in [5.74, 6) is 1.49. The van der Waals surface area contributed by atoms with Gasteiger partial charge in [0.1, 0.15) is 0 Å². The van der Waals surface area contributed by atoms with Crippen LogP contribution in [0, 0.1) is 5.92 Å². The van der Waals surface area contributed by atoms with E-state index >= 15 is 0 Å². The van der Waals surface area contributed by atoms with Gasteiger partial charge in [0.15, 0.2) is 5.96 Å². The Morgan fingerprint density at radius 1 is 1.19 bits per heavy atom. The minimum atomic E-state index is 0.258. The van der Waals surface area contributed by atoms with E-state index < -0.39 is 0 Å². The predicted octanol–water partition coefficient (Wildman–Crippen LogP) is 3.16. The highest BCUT2D eigenvalue weighted by Gasteiger charge is 2.31. The summed E-state index contributed by atoms with van der Waals surface area (Å²) in [5, 5.41) is 6.91. The van der Waals surface area contributed by atoms with Gasteiger partial charge in [0.2, 0.25) is 5.91 Å². The van der Waals surface area contributed by atoms with Gasteiger partial charge in [-0.25, -0.2) is 4.98 Å². The molecule has 0 bridgehead atoms. The number of likely N-dealkylation sites (tertiary alicyclic amines) is 1. The van der Waals surface area contributed by atoms with E-state index in [4.69, 9.17) is 4.99 Å². The number of amides is 1. The molecular weight excluding hydrogens is 388 g/mol. The van der Waals surface area contributed by atoms with Gasteiger partial charge < -0.3 is 20.1 Å². The summed E-state index contributed by atoms with van der Waals surface area (Å²) in [6.45, 7) is 6.22. The van der Waals surface area contributed by atoms with Crippen LogP contribution < -0.4 is 10.6 Å². The second-order valence-electron chi connectivity index (χ2n) is 8.79. The topological polar surface area (TPSA) is 74.6 Å². The molecule has 7 heteroatoms. The van der Waals surface area contributed by atoms with Gasteiger partial charge in [0.25, 0.3) is 0 Å². The van der Waals surface area contributed by atoms with Crippen LogP contribution in [0.25, 0.3) is 11.0 Å². The van der Waals surface area contributed by atoms with Crippen molar-refractivity contribution in [2.24, 2.45) is 10.9 Å². The molecule has 2 heterocycles. The molecule has 1 aliphatic carbocycles. The van der Waals surface area contributed by atoms with Crippen LogP contribution in [0.15, 0.2) is 35.6 Å². The maximum Gasteiger partial charge on any atom is 0.225 e. The Morgan fingerprint density at radius 2 is 2.03 bits per heavy atom. The highest BCUT2D eigenvalue weighted by Crippen LogP contribution is 2.26. The molecule has 1 amide bonds. The third-order valence-corrected chi connectivity index (χ3v) is 6.49. The van der Waals surface area contributed by atoms with Crippen LogP contribution in [0.1, 0.15) is 51.9 Å². The number of benzene rings is 1. The number of nitrogens with one attached hydrogen (secondary N) is 2. The molecule has 31 heavy (non-hydrogen) atoms. The van der Waals surface area contributed by atoms with Crippen molar-refractivity contribution in [1.82, 2.24) is 25.1 Å². The van der Waals surface area contributed by atoms with Crippen molar-refractivity contribution in [1.29, 1.82) is 0 Å². The van der Waals surface area contributed by atoms with Gasteiger partial charge in [-0.2, -0.15) is 0 Å². The van der Waals surface area contributed by atoms with Crippen molar-refractivity contribution in [3.05, 3.63) is 30.6 Å². The normalized spacial score (nSPS) is 20.4. The average molecular weight is 425 g/mol. The molecule has 0 spiro atoms. The third kappa shape index (κ3) is 5.57. The fourth-order valence-corrected chi connectivity index (χ4v) is 4.82. The quantitative estimate of drug-likeness (QED) is 0.407. The lowest BCUT2D eigenvalue weighted by Gasteiger charge is -2.26. The number of para-hydroxylation sites is 2. The molecule has 2 aromatic rings. The number of aromatic nitrogens is 2. The highest BCUT2D eigenvalue weighted by molar-refractivity contribution is 5.81. The molecule has 1 aliphatic heterocycles. The van der Waals surface area contributed by atoms with Crippen LogP contribution in [0.4, 0.5) is 0 Å². The lowest BCUT2D eigenvalue weighted by molar-refractivity contribution is -0.135. The van der Waals surface area contributed by atoms with Crippen molar-refractivity contribution in [2.45, 2.75) is 64.5 Å². The SMILES string of the molecule is CCNC(=NCCCn1cnc2ccccc21)NC1CCN(C(=O)C2CCCCC2)C1. The lowest BCUT2D eigenvalue weighted by Crippen LogP contribution is -2.45. The van der Waals surface area contributed by atoms with Gasteiger partial charge >= 0.3 is 0 Å². The fraction of sp³-hybridized carbons (Fsp3) is 0.625. The van der Waals surface area contributed by atoms with E-state index in [-0.39, 0.29) is 12.0 Å². The summed E-state index contributed by atoms with van der Waals surface area (Å²) in [4.78, 5) is 24.1. The molecule has 1 atom stereocenters. The molecule has 7 nitrogen and oxygen atoms in total. The number of hydrogen-bond acceptors (Lipinski definition) is 3. The van der Waals surface area contributed by atoms with Crippen LogP contribution in [-0.4, -0.2) is 58.5 Å². The second-order valence-corrected chi connectivity index (χ2v) is 8.79. The van der Waals surface area contributed by atoms with Crippen molar-refractivity contribution in [2.75, 3.05) is 26.2 Å². The van der Waals surface area contributed by atoms with Gasteiger partial charge in [0, 0.05) is 44.7 Å². The molecular formula is C24H36N6O. The van der Waals surface area contributed by atoms with Crippen molar-refractivity contribution in [3.63, 3.8) is 0 Å². The Balaban J connectivity index is 1.25. The Morgan fingerprint density at radius 3 is 2.87 bits per heavy atom. The van der Waals surface area contributed by atoms with E-state index in [0.717, 1.165) is 69.9 Å². The van der Waals surface area contributed by atoms with E-state index in [1.807, 2.05) is 18.5 Å². The summed E-state index contributed by atoms with van der Waals surface area (Å²) >= 11 is 0. The van der Waals surface area contributed by atoms with E-state index in [9.17, 15) is 4.79 Å². The molecule has 1 aromatic carbocycles. The number of fused-ring (bicyclic) bond motifs is 1. The number of guanidine groups is 1. The predicted molar refractivity (Wildman–Crippen MR) is 125 cm³/mol. The third-order valence-electron chi connectivity index (χ3n) is 6.49. The van der Waals surface area contributed by atoms with Gasteiger partial charge in [-0.3, -0.25) is 9.79 Å². The van der Waals surface area contributed by atoms with E-state index in [1.54, 1.807) is 0 Å². The molecule has 2 aliphatic rings. The molecule has 1 unspecified atom stereocenters. The highest BCUT2D eigenvalue weighted by atomic mass is 16.2. The zero-order chi connectivity index (χ0) is 21.5. The van der Waals surface area contributed by atoms with Gasteiger partial charge in [-0.1, -0.05) is 31.4 Å². The van der Waals surface area contributed by atoms with Crippen LogP contribution in [0.5, 0.6) is 0 Å². The summed E-state index contributed by atoms with van der Waals surface area (Å²) in [6.07, 6.45) is 9.70. The summed E-state index contributed by atoms with van der Waals surface area (Å²) in [5.41, 5.74) is 2.21. The number of rotatable bonds is 7. The Hall–Kier alpha value is -2.57. The minimum Gasteiger partial charge on any atom is -0.357 e. The summed E-state index contributed by atoms with van der Waals surface area (Å²) < 4.78 is 2.19. The molecule has 2 N–H and O–H groups in total. The number of aryl methyl sites for hydroxylation is 1. The van der Waals surface area contributed by atoms with Crippen molar-refractivity contribution in [3.8, 4) is 0 Å². The maximum atomic E-state index is 12.8. The fourth-order valence-electron chi connectivity index (χ4n) is 4.82. The molecule has 1 aromatic heterocycles. The number of nitrogens with zero attached hydrogens (tertiary/aromatic N) is 4. The van der Waals surface area contributed by atoms with E-state index in [0.29, 0.717) is 5.91 Å². The zero-order valence-corrected chi connectivity index (χ0v) is 18.7. The Labute approximate surface area is 185 Å². The number of carbonyl (C=O) groups is 1. The van der Waals surface area contributed by atoms with Crippen molar-refractivity contribution >= 4 is 22.9 Å². The molecule has 0 radical (unpaired) electrons. The summed E-state index contributed by atoms with van der Waals surface area (Å²) in [7, 11) is 0. The number of imidazole rings is 1. The van der Waals surface area contributed by atoms with Gasteiger partial charge in [-0.15, -0.1) is 0 Å². The number of aliphatic imine (C=N–C) groups is 1. The first kappa shape index (κ1) is 21.7. The first-order valence-corrected chi connectivity index (χ1v) is 12.0. The zero-order valence-electron chi connectivity index (χ0n) is 18.7. The Bertz CT molecular complexity index is 885. The molecule has 2 fully saturated rings. The maximum absolute atomic E-state index is 12.8. The lowest BCUT2D eigenvalue weighted by atomic mass is 9.88. The first-order chi connectivity index (χ1) is 15.2. The molecule has 168 valence electrons. The van der Waals surface area contributed by atoms with Gasteiger partial charge in [0.05, 0.1) is 17.4 Å². The number of hydrogen-bond donors (Lipinski definition) is 2. The minimum absolute atomic E-state index is 0.258. The Kier molecular flexibility index (Phi) is 7.43. The van der Waals surface area contributed by atoms with E-state index in [2.05, 4.69) is 44.1 Å². The van der Waals surface area contributed by atoms with Crippen LogP contribution in [-0.2, 0) is 11.3 Å². The smallest absolute Gasteiger partial charge is 0.225 e.